The average Bonchev–Trinajstić information content (AvgIpc) is 2.28. The summed E-state index contributed by atoms with van der Waals surface area (Å²) in [5, 5.41) is 0.156. The molecule has 1 aromatic rings. The molecule has 1 heteroatoms. The molecule has 96 valence electrons. The highest BCUT2D eigenvalue weighted by Crippen LogP contribution is 2.38. The molecule has 0 aliphatic rings. The highest BCUT2D eigenvalue weighted by molar-refractivity contribution is 6.21. The molecule has 17 heavy (non-hydrogen) atoms. The van der Waals surface area contributed by atoms with E-state index in [0.29, 0.717) is 5.92 Å². The lowest BCUT2D eigenvalue weighted by molar-refractivity contribution is 0.473. The number of halogens is 1. The second-order valence-corrected chi connectivity index (χ2v) is 5.62. The highest BCUT2D eigenvalue weighted by Gasteiger charge is 2.22. The standard InChI is InChI=1S/C16H25Cl/c1-7-14(8-2)16(17)15-12(5)10(3)9-11(4)13(15)6/h9,14,16H,7-8H2,1-6H3. The third kappa shape index (κ3) is 2.85. The molecule has 0 spiro atoms. The number of hydrogen-bond acceptors (Lipinski definition) is 0. The Morgan fingerprint density at radius 2 is 1.35 bits per heavy atom. The van der Waals surface area contributed by atoms with Gasteiger partial charge in [0.15, 0.2) is 0 Å². The van der Waals surface area contributed by atoms with Crippen molar-refractivity contribution in [1.82, 2.24) is 0 Å². The van der Waals surface area contributed by atoms with Crippen molar-refractivity contribution in [1.29, 1.82) is 0 Å². The van der Waals surface area contributed by atoms with Crippen molar-refractivity contribution >= 4 is 11.6 Å². The molecular weight excluding hydrogens is 228 g/mol. The van der Waals surface area contributed by atoms with Crippen LogP contribution in [0.15, 0.2) is 6.07 Å². The second kappa shape index (κ2) is 5.91. The van der Waals surface area contributed by atoms with E-state index in [9.17, 15) is 0 Å². The number of aryl methyl sites for hydroxylation is 2. The summed E-state index contributed by atoms with van der Waals surface area (Å²) >= 11 is 6.73. The van der Waals surface area contributed by atoms with Crippen LogP contribution in [0.4, 0.5) is 0 Å². The van der Waals surface area contributed by atoms with Gasteiger partial charge in [0.1, 0.15) is 0 Å². The summed E-state index contributed by atoms with van der Waals surface area (Å²) in [6.45, 7) is 13.2. The zero-order chi connectivity index (χ0) is 13.2. The van der Waals surface area contributed by atoms with Crippen molar-refractivity contribution in [2.24, 2.45) is 5.92 Å². The van der Waals surface area contributed by atoms with Crippen LogP contribution in [0.5, 0.6) is 0 Å². The largest absolute Gasteiger partial charge is 0.118 e. The van der Waals surface area contributed by atoms with Gasteiger partial charge in [-0.3, -0.25) is 0 Å². The number of rotatable bonds is 4. The van der Waals surface area contributed by atoms with Crippen LogP contribution in [0.1, 0.15) is 59.9 Å². The zero-order valence-corrected chi connectivity index (χ0v) is 12.8. The molecular formula is C16H25Cl. The Labute approximate surface area is 111 Å². The van der Waals surface area contributed by atoms with Gasteiger partial charge in [0.2, 0.25) is 0 Å². The molecule has 1 atom stereocenters. The van der Waals surface area contributed by atoms with E-state index < -0.39 is 0 Å². The summed E-state index contributed by atoms with van der Waals surface area (Å²) in [6.07, 6.45) is 2.30. The number of benzene rings is 1. The Balaban J connectivity index is 3.29. The van der Waals surface area contributed by atoms with Gasteiger partial charge in [0, 0.05) is 0 Å². The fourth-order valence-corrected chi connectivity index (χ4v) is 3.28. The highest BCUT2D eigenvalue weighted by atomic mass is 35.5. The molecule has 0 saturated heterocycles. The Kier molecular flexibility index (Phi) is 5.06. The lowest BCUT2D eigenvalue weighted by atomic mass is 9.86. The summed E-state index contributed by atoms with van der Waals surface area (Å²) in [5.74, 6) is 0.579. The molecule has 0 aromatic heterocycles. The molecule has 0 aliphatic carbocycles. The van der Waals surface area contributed by atoms with Crippen molar-refractivity contribution < 1.29 is 0 Å². The van der Waals surface area contributed by atoms with Gasteiger partial charge in [-0.15, -0.1) is 11.6 Å². The quantitative estimate of drug-likeness (QED) is 0.609. The summed E-state index contributed by atoms with van der Waals surface area (Å²) in [4.78, 5) is 0. The molecule has 0 bridgehead atoms. The van der Waals surface area contributed by atoms with Crippen LogP contribution in [0.2, 0.25) is 0 Å². The number of alkyl halides is 1. The van der Waals surface area contributed by atoms with E-state index in [0.717, 1.165) is 12.8 Å². The van der Waals surface area contributed by atoms with Crippen LogP contribution in [0, 0.1) is 33.6 Å². The monoisotopic (exact) mass is 252 g/mol. The minimum atomic E-state index is 0.156. The fourth-order valence-electron chi connectivity index (χ4n) is 2.60. The first-order valence-electron chi connectivity index (χ1n) is 6.65. The first kappa shape index (κ1) is 14.6. The second-order valence-electron chi connectivity index (χ2n) is 5.15. The van der Waals surface area contributed by atoms with E-state index >= 15 is 0 Å². The van der Waals surface area contributed by atoms with E-state index in [1.54, 1.807) is 0 Å². The Hall–Kier alpha value is -0.490. The molecule has 0 N–H and O–H groups in total. The molecule has 0 aliphatic heterocycles. The summed E-state index contributed by atoms with van der Waals surface area (Å²) < 4.78 is 0. The molecule has 0 radical (unpaired) electrons. The van der Waals surface area contributed by atoms with Crippen molar-refractivity contribution in [3.05, 3.63) is 33.9 Å². The minimum absolute atomic E-state index is 0.156. The average molecular weight is 253 g/mol. The zero-order valence-electron chi connectivity index (χ0n) is 12.0. The first-order chi connectivity index (χ1) is 7.93. The van der Waals surface area contributed by atoms with Crippen molar-refractivity contribution in [2.45, 2.75) is 59.8 Å². The van der Waals surface area contributed by atoms with Crippen LogP contribution in [-0.4, -0.2) is 0 Å². The number of hydrogen-bond donors (Lipinski definition) is 0. The predicted molar refractivity (Wildman–Crippen MR) is 78.1 cm³/mol. The summed E-state index contributed by atoms with van der Waals surface area (Å²) in [7, 11) is 0. The molecule has 0 heterocycles. The van der Waals surface area contributed by atoms with Crippen LogP contribution < -0.4 is 0 Å². The molecule has 0 amide bonds. The van der Waals surface area contributed by atoms with E-state index in [1.807, 2.05) is 0 Å². The van der Waals surface area contributed by atoms with Crippen molar-refractivity contribution in [3.63, 3.8) is 0 Å². The minimum Gasteiger partial charge on any atom is -0.118 e. The Morgan fingerprint density at radius 3 is 1.71 bits per heavy atom. The predicted octanol–water partition coefficient (Wildman–Crippen LogP) is 5.64. The lowest BCUT2D eigenvalue weighted by Gasteiger charge is -2.25. The Morgan fingerprint density at radius 1 is 0.941 bits per heavy atom. The fraction of sp³-hybridized carbons (Fsp3) is 0.625. The van der Waals surface area contributed by atoms with Crippen molar-refractivity contribution in [3.8, 4) is 0 Å². The molecule has 0 fully saturated rings. The summed E-state index contributed by atoms with van der Waals surface area (Å²) in [5.41, 5.74) is 6.84. The molecule has 1 rings (SSSR count). The van der Waals surface area contributed by atoms with E-state index in [2.05, 4.69) is 47.6 Å². The van der Waals surface area contributed by atoms with Gasteiger partial charge < -0.3 is 0 Å². The van der Waals surface area contributed by atoms with Crippen LogP contribution in [0.25, 0.3) is 0 Å². The van der Waals surface area contributed by atoms with E-state index in [-0.39, 0.29) is 5.38 Å². The van der Waals surface area contributed by atoms with Gasteiger partial charge in [0.05, 0.1) is 5.38 Å². The van der Waals surface area contributed by atoms with E-state index in [4.69, 9.17) is 11.6 Å². The van der Waals surface area contributed by atoms with Crippen LogP contribution in [0.3, 0.4) is 0 Å². The van der Waals surface area contributed by atoms with Gasteiger partial charge in [-0.1, -0.05) is 32.8 Å². The molecule has 1 unspecified atom stereocenters. The van der Waals surface area contributed by atoms with Gasteiger partial charge in [-0.05, 0) is 61.4 Å². The first-order valence-corrected chi connectivity index (χ1v) is 7.08. The maximum atomic E-state index is 6.73. The van der Waals surface area contributed by atoms with Gasteiger partial charge in [0.25, 0.3) is 0 Å². The lowest BCUT2D eigenvalue weighted by Crippen LogP contribution is -2.10. The summed E-state index contributed by atoms with van der Waals surface area (Å²) in [6, 6.07) is 2.27. The van der Waals surface area contributed by atoms with E-state index in [1.165, 1.54) is 27.8 Å². The Bertz CT molecular complexity index is 363. The normalized spacial score (nSPS) is 13.2. The SMILES string of the molecule is CCC(CC)C(Cl)c1c(C)c(C)cc(C)c1C. The smallest absolute Gasteiger partial charge is 0.0618 e. The maximum absolute atomic E-state index is 6.73. The molecule has 1 aromatic carbocycles. The molecule has 0 saturated carbocycles. The van der Waals surface area contributed by atoms with Gasteiger partial charge in [-0.25, -0.2) is 0 Å². The van der Waals surface area contributed by atoms with Gasteiger partial charge >= 0.3 is 0 Å². The van der Waals surface area contributed by atoms with Crippen LogP contribution >= 0.6 is 11.6 Å². The topological polar surface area (TPSA) is 0 Å². The maximum Gasteiger partial charge on any atom is 0.0618 e. The van der Waals surface area contributed by atoms with Crippen LogP contribution in [-0.2, 0) is 0 Å². The van der Waals surface area contributed by atoms with Crippen molar-refractivity contribution in [2.75, 3.05) is 0 Å². The third-order valence-corrected chi connectivity index (χ3v) is 4.74. The molecule has 0 nitrogen and oxygen atoms in total. The third-order valence-electron chi connectivity index (χ3n) is 4.16. The van der Waals surface area contributed by atoms with Gasteiger partial charge in [-0.2, -0.15) is 0 Å².